The van der Waals surface area contributed by atoms with E-state index in [9.17, 15) is 4.79 Å². The third-order valence-electron chi connectivity index (χ3n) is 1.91. The summed E-state index contributed by atoms with van der Waals surface area (Å²) >= 11 is 5.96. The van der Waals surface area contributed by atoms with Crippen molar-refractivity contribution in [1.29, 1.82) is 0 Å². The maximum absolute atomic E-state index is 11.5. The van der Waals surface area contributed by atoms with Crippen molar-refractivity contribution in [2.75, 3.05) is 0 Å². The third-order valence-corrected chi connectivity index (χ3v) is 2.51. The third kappa shape index (κ3) is 2.70. The second kappa shape index (κ2) is 4.31. The van der Waals surface area contributed by atoms with Crippen molar-refractivity contribution in [2.45, 2.75) is 13.8 Å². The lowest BCUT2D eigenvalue weighted by Crippen LogP contribution is -2.24. The highest BCUT2D eigenvalue weighted by Gasteiger charge is 2.08. The molecule has 1 rings (SSSR count). The van der Waals surface area contributed by atoms with E-state index < -0.39 is 5.91 Å². The lowest BCUT2D eigenvalue weighted by Gasteiger charge is -2.04. The average molecular weight is 226 g/mol. The predicted octanol–water partition coefficient (Wildman–Crippen LogP) is 1.37. The van der Waals surface area contributed by atoms with E-state index in [1.807, 2.05) is 13.8 Å². The first-order valence-electron chi connectivity index (χ1n) is 4.32. The fourth-order valence-corrected chi connectivity index (χ4v) is 1.36. The Kier molecular flexibility index (Phi) is 3.31. The molecule has 0 aromatic heterocycles. The van der Waals surface area contributed by atoms with Crippen molar-refractivity contribution in [2.24, 2.45) is 16.5 Å². The summed E-state index contributed by atoms with van der Waals surface area (Å²) in [5, 5.41) is 0.649. The number of benzene rings is 1. The highest BCUT2D eigenvalue weighted by Crippen LogP contribution is 2.22. The summed E-state index contributed by atoms with van der Waals surface area (Å²) in [5.41, 5.74) is 12.3. The summed E-state index contributed by atoms with van der Waals surface area (Å²) < 4.78 is 0. The molecule has 0 heterocycles. The van der Waals surface area contributed by atoms with Crippen LogP contribution in [0.5, 0.6) is 0 Å². The Morgan fingerprint density at radius 1 is 1.27 bits per heavy atom. The molecule has 4 N–H and O–H groups in total. The molecule has 0 saturated heterocycles. The second-order valence-corrected chi connectivity index (χ2v) is 3.64. The molecule has 15 heavy (non-hydrogen) atoms. The van der Waals surface area contributed by atoms with Gasteiger partial charge in [-0.1, -0.05) is 11.6 Å². The fraction of sp³-hybridized carbons (Fsp3) is 0.200. The van der Waals surface area contributed by atoms with Crippen LogP contribution in [0.25, 0.3) is 0 Å². The van der Waals surface area contributed by atoms with Gasteiger partial charge in [0.2, 0.25) is 0 Å². The van der Waals surface area contributed by atoms with Gasteiger partial charge in [-0.15, -0.1) is 0 Å². The maximum Gasteiger partial charge on any atom is 0.280 e. The first kappa shape index (κ1) is 11.5. The van der Waals surface area contributed by atoms with Crippen LogP contribution in [0.1, 0.15) is 21.5 Å². The molecule has 4 nitrogen and oxygen atoms in total. The van der Waals surface area contributed by atoms with Gasteiger partial charge < -0.3 is 11.5 Å². The van der Waals surface area contributed by atoms with E-state index >= 15 is 0 Å². The Morgan fingerprint density at radius 2 is 1.73 bits per heavy atom. The normalized spacial score (nSPS) is 9.80. The molecule has 0 fully saturated rings. The summed E-state index contributed by atoms with van der Waals surface area (Å²) in [4.78, 5) is 14.9. The van der Waals surface area contributed by atoms with Gasteiger partial charge in [-0.25, -0.2) is 0 Å². The molecule has 0 spiro atoms. The number of halogens is 1. The van der Waals surface area contributed by atoms with Gasteiger partial charge in [-0.2, -0.15) is 4.99 Å². The maximum atomic E-state index is 11.5. The number of guanidine groups is 1. The van der Waals surface area contributed by atoms with Gasteiger partial charge in [-0.05, 0) is 37.1 Å². The number of amides is 1. The summed E-state index contributed by atoms with van der Waals surface area (Å²) in [6, 6.07) is 3.31. The zero-order valence-electron chi connectivity index (χ0n) is 8.54. The van der Waals surface area contributed by atoms with Crippen molar-refractivity contribution >= 4 is 23.5 Å². The second-order valence-electron chi connectivity index (χ2n) is 3.27. The molecule has 0 aliphatic rings. The van der Waals surface area contributed by atoms with Gasteiger partial charge in [0, 0.05) is 10.6 Å². The number of rotatable bonds is 1. The summed E-state index contributed by atoms with van der Waals surface area (Å²) in [7, 11) is 0. The Labute approximate surface area is 92.9 Å². The number of carbonyl (C=O) groups excluding carboxylic acids is 1. The Hall–Kier alpha value is -1.55. The van der Waals surface area contributed by atoms with Crippen LogP contribution in [0.3, 0.4) is 0 Å². The van der Waals surface area contributed by atoms with Crippen LogP contribution < -0.4 is 11.5 Å². The van der Waals surface area contributed by atoms with Crippen molar-refractivity contribution in [3.05, 3.63) is 33.8 Å². The van der Waals surface area contributed by atoms with Gasteiger partial charge in [0.15, 0.2) is 5.96 Å². The molecule has 5 heteroatoms. The van der Waals surface area contributed by atoms with Crippen LogP contribution in [0, 0.1) is 13.8 Å². The quantitative estimate of drug-likeness (QED) is 0.560. The smallest absolute Gasteiger partial charge is 0.280 e. The van der Waals surface area contributed by atoms with Crippen LogP contribution in [0.4, 0.5) is 0 Å². The molecule has 0 atom stereocenters. The van der Waals surface area contributed by atoms with Crippen molar-refractivity contribution < 1.29 is 4.79 Å². The molecule has 1 aromatic rings. The summed E-state index contributed by atoms with van der Waals surface area (Å²) in [6.07, 6.45) is 0. The van der Waals surface area contributed by atoms with Crippen molar-refractivity contribution in [3.63, 3.8) is 0 Å². The van der Waals surface area contributed by atoms with E-state index in [2.05, 4.69) is 4.99 Å². The molecule has 1 amide bonds. The average Bonchev–Trinajstić information content (AvgIpc) is 2.12. The van der Waals surface area contributed by atoms with Crippen LogP contribution >= 0.6 is 11.6 Å². The van der Waals surface area contributed by atoms with Crippen LogP contribution in [-0.2, 0) is 0 Å². The first-order valence-corrected chi connectivity index (χ1v) is 4.70. The Morgan fingerprint density at radius 3 is 2.13 bits per heavy atom. The predicted molar refractivity (Wildman–Crippen MR) is 61.1 cm³/mol. The molecule has 0 aliphatic carbocycles. The zero-order chi connectivity index (χ0) is 11.6. The van der Waals surface area contributed by atoms with E-state index in [4.69, 9.17) is 23.1 Å². The standard InChI is InChI=1S/C10H12ClN3O/c1-5-3-7(4-6(2)8(5)11)9(15)14-10(12)13/h3-4H,1-2H3,(H4,12,13,14,15). The van der Waals surface area contributed by atoms with Gasteiger partial charge in [-0.3, -0.25) is 4.79 Å². The van der Waals surface area contributed by atoms with Crippen molar-refractivity contribution in [1.82, 2.24) is 0 Å². The summed E-state index contributed by atoms with van der Waals surface area (Å²) in [5.74, 6) is -0.705. The van der Waals surface area contributed by atoms with E-state index in [-0.39, 0.29) is 5.96 Å². The van der Waals surface area contributed by atoms with Crippen LogP contribution in [-0.4, -0.2) is 11.9 Å². The van der Waals surface area contributed by atoms with Gasteiger partial charge in [0.1, 0.15) is 0 Å². The molecule has 0 unspecified atom stereocenters. The number of aliphatic imine (C=N–C) groups is 1. The Balaban J connectivity index is 3.18. The lowest BCUT2D eigenvalue weighted by molar-refractivity contribution is 0.100. The van der Waals surface area contributed by atoms with Gasteiger partial charge in [0.25, 0.3) is 5.91 Å². The molecular formula is C10H12ClN3O. The zero-order valence-corrected chi connectivity index (χ0v) is 9.30. The number of carbonyl (C=O) groups is 1. The van der Waals surface area contributed by atoms with E-state index in [1.54, 1.807) is 12.1 Å². The molecule has 80 valence electrons. The number of nitrogens with two attached hydrogens (primary N) is 2. The highest BCUT2D eigenvalue weighted by atomic mass is 35.5. The number of nitrogens with zero attached hydrogens (tertiary/aromatic N) is 1. The number of hydrogen-bond donors (Lipinski definition) is 2. The van der Waals surface area contributed by atoms with E-state index in [0.717, 1.165) is 11.1 Å². The topological polar surface area (TPSA) is 81.5 Å². The minimum absolute atomic E-state index is 0.245. The van der Waals surface area contributed by atoms with Crippen LogP contribution in [0.2, 0.25) is 5.02 Å². The summed E-state index contributed by atoms with van der Waals surface area (Å²) in [6.45, 7) is 3.64. The monoisotopic (exact) mass is 225 g/mol. The molecule has 0 aliphatic heterocycles. The lowest BCUT2D eigenvalue weighted by atomic mass is 10.1. The van der Waals surface area contributed by atoms with E-state index in [0.29, 0.717) is 10.6 Å². The Bertz CT molecular complexity index is 413. The minimum Gasteiger partial charge on any atom is -0.370 e. The van der Waals surface area contributed by atoms with E-state index in [1.165, 1.54) is 0 Å². The molecule has 1 aromatic carbocycles. The molecular weight excluding hydrogens is 214 g/mol. The van der Waals surface area contributed by atoms with Gasteiger partial charge in [0.05, 0.1) is 0 Å². The van der Waals surface area contributed by atoms with Gasteiger partial charge >= 0.3 is 0 Å². The highest BCUT2D eigenvalue weighted by molar-refractivity contribution is 6.32. The number of hydrogen-bond acceptors (Lipinski definition) is 1. The molecule has 0 saturated carbocycles. The first-order chi connectivity index (χ1) is 6.91. The number of aryl methyl sites for hydroxylation is 2. The van der Waals surface area contributed by atoms with Crippen LogP contribution in [0.15, 0.2) is 17.1 Å². The molecule has 0 radical (unpaired) electrons. The SMILES string of the molecule is Cc1cc(C(=O)N=C(N)N)cc(C)c1Cl. The molecule has 0 bridgehead atoms. The van der Waals surface area contributed by atoms with Crippen molar-refractivity contribution in [3.8, 4) is 0 Å². The minimum atomic E-state index is -0.460. The fourth-order valence-electron chi connectivity index (χ4n) is 1.25. The largest absolute Gasteiger partial charge is 0.370 e.